The number of hydrogen-bond donors (Lipinski definition) is 3. The molecule has 1 aromatic rings. The maximum absolute atomic E-state index is 12.4. The molecule has 1 aromatic carbocycles. The molecule has 0 fully saturated rings. The summed E-state index contributed by atoms with van der Waals surface area (Å²) in [7, 11) is -2.29. The van der Waals surface area contributed by atoms with Crippen LogP contribution in [-0.4, -0.2) is 66.0 Å². The van der Waals surface area contributed by atoms with Crippen molar-refractivity contribution in [3.05, 3.63) is 35.4 Å². The first-order valence-corrected chi connectivity index (χ1v) is 8.48. The first kappa shape index (κ1) is 18.9. The molecule has 9 nitrogen and oxygen atoms in total. The monoisotopic (exact) mass is 358 g/mol. The van der Waals surface area contributed by atoms with Crippen LogP contribution in [0, 0.1) is 0 Å². The minimum Gasteiger partial charge on any atom is -0.394 e. The summed E-state index contributed by atoms with van der Waals surface area (Å²) in [6.45, 7) is 0.322. The Balaban J connectivity index is 2.00. The van der Waals surface area contributed by atoms with Gasteiger partial charge < -0.3 is 19.5 Å². The van der Waals surface area contributed by atoms with Crippen molar-refractivity contribution in [1.82, 2.24) is 4.90 Å². The molecule has 0 radical (unpaired) electrons. The molecule has 0 aromatic heterocycles. The normalized spacial score (nSPS) is 16.4. The van der Waals surface area contributed by atoms with Crippen LogP contribution in [0.15, 0.2) is 24.3 Å². The second-order valence-electron chi connectivity index (χ2n) is 4.80. The lowest BCUT2D eigenvalue weighted by Gasteiger charge is -2.26. The van der Waals surface area contributed by atoms with Gasteiger partial charge in [0.15, 0.2) is 6.23 Å². The number of ether oxygens (including phenoxy) is 2. The highest BCUT2D eigenvalue weighted by Gasteiger charge is 2.41. The fourth-order valence-electron chi connectivity index (χ4n) is 2.21. The van der Waals surface area contributed by atoms with Crippen molar-refractivity contribution < 1.29 is 33.6 Å². The Hall–Kier alpha value is -1.45. The van der Waals surface area contributed by atoms with Crippen LogP contribution in [0.25, 0.3) is 0 Å². The highest BCUT2D eigenvalue weighted by molar-refractivity contribution is 7.43. The number of benzene rings is 1. The Kier molecular flexibility index (Phi) is 7.19. The molecule has 0 bridgehead atoms. The van der Waals surface area contributed by atoms with Gasteiger partial charge in [-0.15, -0.1) is 0 Å². The predicted molar refractivity (Wildman–Crippen MR) is 83.9 cm³/mol. The van der Waals surface area contributed by atoms with Gasteiger partial charge in [0.05, 0.1) is 44.2 Å². The molecular formula is C14H19N2O7P. The van der Waals surface area contributed by atoms with Gasteiger partial charge in [-0.25, -0.2) is 4.90 Å². The van der Waals surface area contributed by atoms with Gasteiger partial charge in [-0.2, -0.15) is 0 Å². The van der Waals surface area contributed by atoms with E-state index < -0.39 is 26.6 Å². The number of nitrogens with zero attached hydrogens (tertiary/aromatic N) is 1. The molecule has 24 heavy (non-hydrogen) atoms. The molecule has 0 aliphatic carbocycles. The Labute approximate surface area is 139 Å². The quantitative estimate of drug-likeness (QED) is 0.298. The summed E-state index contributed by atoms with van der Waals surface area (Å²) >= 11 is 0. The second kappa shape index (κ2) is 9.14. The smallest absolute Gasteiger partial charge is 0.263 e. The summed E-state index contributed by atoms with van der Waals surface area (Å²) in [4.78, 5) is 35.0. The van der Waals surface area contributed by atoms with Crippen LogP contribution in [0.3, 0.4) is 0 Å². The van der Waals surface area contributed by atoms with Crippen molar-refractivity contribution in [3.8, 4) is 0 Å². The summed E-state index contributed by atoms with van der Waals surface area (Å²) < 4.78 is 15.5. The van der Waals surface area contributed by atoms with E-state index in [1.54, 1.807) is 24.3 Å². The molecule has 2 atom stereocenters. The van der Waals surface area contributed by atoms with Crippen LogP contribution in [0.1, 0.15) is 20.7 Å². The molecule has 1 aliphatic heterocycles. The number of hydrogen-bond acceptors (Lipinski definition) is 8. The number of rotatable bonds is 10. The van der Waals surface area contributed by atoms with Crippen LogP contribution < -0.4 is 5.50 Å². The molecule has 2 rings (SSSR count). The van der Waals surface area contributed by atoms with Crippen molar-refractivity contribution in [2.45, 2.75) is 6.23 Å². The molecule has 2 unspecified atom stereocenters. The van der Waals surface area contributed by atoms with E-state index in [1.165, 1.54) is 0 Å². The molecule has 2 amide bonds. The number of aliphatic hydroxyl groups excluding tert-OH is 1. The fourth-order valence-corrected chi connectivity index (χ4v) is 2.62. The summed E-state index contributed by atoms with van der Waals surface area (Å²) in [5.41, 5.74) is 5.80. The maximum Gasteiger partial charge on any atom is 0.263 e. The number of fused-ring (bicyclic) bond motifs is 1. The summed E-state index contributed by atoms with van der Waals surface area (Å²) in [5, 5.41) is 8.59. The van der Waals surface area contributed by atoms with Crippen molar-refractivity contribution in [2.24, 2.45) is 5.50 Å². The first-order chi connectivity index (χ1) is 11.6. The van der Waals surface area contributed by atoms with Crippen LogP contribution in [0.4, 0.5) is 0 Å². The predicted octanol–water partition coefficient (Wildman–Crippen LogP) is -0.171. The largest absolute Gasteiger partial charge is 0.394 e. The lowest BCUT2D eigenvalue weighted by molar-refractivity contribution is -0.0347. The molecule has 0 saturated heterocycles. The molecule has 4 N–H and O–H groups in total. The minimum absolute atomic E-state index is 0.0945. The Morgan fingerprint density at radius 3 is 2.21 bits per heavy atom. The van der Waals surface area contributed by atoms with Crippen LogP contribution in [0.5, 0.6) is 0 Å². The zero-order valence-corrected chi connectivity index (χ0v) is 13.7. The number of aliphatic hydroxyl groups is 1. The first-order valence-electron chi connectivity index (χ1n) is 7.20. The van der Waals surface area contributed by atoms with E-state index in [-0.39, 0.29) is 44.2 Å². The van der Waals surface area contributed by atoms with Gasteiger partial charge in [0.1, 0.15) is 0 Å². The Morgan fingerprint density at radius 2 is 1.67 bits per heavy atom. The van der Waals surface area contributed by atoms with Gasteiger partial charge in [0.2, 0.25) is 0 Å². The Bertz CT molecular complexity index is 549. The highest BCUT2D eigenvalue weighted by Crippen LogP contribution is 2.30. The highest BCUT2D eigenvalue weighted by atomic mass is 31.2. The van der Waals surface area contributed by atoms with Crippen molar-refractivity contribution >= 4 is 20.3 Å². The van der Waals surface area contributed by atoms with Gasteiger partial charge in [-0.1, -0.05) is 12.1 Å². The maximum atomic E-state index is 12.4. The van der Waals surface area contributed by atoms with Gasteiger partial charge in [-0.05, 0) is 12.1 Å². The topological polar surface area (TPSA) is 132 Å². The number of imide groups is 1. The van der Waals surface area contributed by atoms with Crippen molar-refractivity contribution in [3.63, 3.8) is 0 Å². The third-order valence-electron chi connectivity index (χ3n) is 3.21. The van der Waals surface area contributed by atoms with E-state index in [0.717, 1.165) is 4.90 Å². The van der Waals surface area contributed by atoms with E-state index in [2.05, 4.69) is 0 Å². The summed E-state index contributed by atoms with van der Waals surface area (Å²) in [5.74, 6) is -1.06. The molecule has 0 saturated carbocycles. The molecule has 1 aliphatic rings. The number of carbonyl (C=O) groups is 2. The van der Waals surface area contributed by atoms with Gasteiger partial charge in [0.25, 0.3) is 20.3 Å². The lowest BCUT2D eigenvalue weighted by Crippen LogP contribution is -2.44. The third kappa shape index (κ3) is 4.55. The fraction of sp³-hybridized carbons (Fsp3) is 0.429. The lowest BCUT2D eigenvalue weighted by atomic mass is 10.1. The molecule has 132 valence electrons. The van der Waals surface area contributed by atoms with E-state index in [9.17, 15) is 14.5 Å². The molecular weight excluding hydrogens is 339 g/mol. The van der Waals surface area contributed by atoms with Crippen molar-refractivity contribution in [1.29, 1.82) is 0 Å². The Morgan fingerprint density at radius 1 is 1.08 bits per heavy atom. The number of nitrogens with two attached hydrogens (primary N) is 1. The zero-order valence-electron chi connectivity index (χ0n) is 12.8. The molecule has 10 heteroatoms. The average molecular weight is 358 g/mol. The summed E-state index contributed by atoms with van der Waals surface area (Å²) in [6.07, 6.45) is -1.14. The number of carbonyl (C=O) groups excluding carboxylic acids is 2. The molecule has 0 spiro atoms. The van der Waals surface area contributed by atoms with Crippen LogP contribution >= 0.6 is 8.53 Å². The third-order valence-corrected chi connectivity index (χ3v) is 3.67. The van der Waals surface area contributed by atoms with E-state index in [4.69, 9.17) is 24.6 Å². The molecule has 1 heterocycles. The minimum atomic E-state index is -2.29. The van der Waals surface area contributed by atoms with Gasteiger partial charge >= 0.3 is 0 Å². The van der Waals surface area contributed by atoms with E-state index >= 15 is 0 Å². The summed E-state index contributed by atoms with van der Waals surface area (Å²) in [6, 6.07) is 6.39. The van der Waals surface area contributed by atoms with Crippen LogP contribution in [-0.2, 0) is 14.0 Å². The average Bonchev–Trinajstić information content (AvgIpc) is 2.81. The van der Waals surface area contributed by atoms with Crippen molar-refractivity contribution in [2.75, 3.05) is 33.0 Å². The standard InChI is InChI=1S/C14H19N2O7P/c15-24(20)23-12(9-22-8-7-21-6-5-17)16-13(18)10-3-1-2-4-11(10)14(16)19/h1-4,12,17,20H,5-9,15H2. The number of amides is 2. The van der Waals surface area contributed by atoms with E-state index in [1.807, 2.05) is 0 Å². The van der Waals surface area contributed by atoms with E-state index in [0.29, 0.717) is 0 Å². The van der Waals surface area contributed by atoms with Gasteiger partial charge in [-0.3, -0.25) is 19.6 Å². The SMILES string of the molecule is NP(O)OC(COCCOCCO)N1C(=O)c2ccccc2C1=O. The second-order valence-corrected chi connectivity index (χ2v) is 5.62. The van der Waals surface area contributed by atoms with Crippen LogP contribution in [0.2, 0.25) is 0 Å². The zero-order chi connectivity index (χ0) is 17.5. The van der Waals surface area contributed by atoms with Gasteiger partial charge in [0, 0.05) is 0 Å².